The molecule has 9 atom stereocenters. The fourth-order valence-electron chi connectivity index (χ4n) is 8.66. The summed E-state index contributed by atoms with van der Waals surface area (Å²) in [6.07, 6.45) is 12.7. The zero-order chi connectivity index (χ0) is 18.7. The van der Waals surface area contributed by atoms with Gasteiger partial charge in [-0.05, 0) is 112 Å². The fraction of sp³-hybridized carbons (Fsp3) is 0.958. The van der Waals surface area contributed by atoms with Gasteiger partial charge in [0, 0.05) is 5.92 Å². The van der Waals surface area contributed by atoms with E-state index in [1.807, 2.05) is 13.8 Å². The van der Waals surface area contributed by atoms with Crippen molar-refractivity contribution in [1.82, 2.24) is 0 Å². The molecular formula is C24H40O2. The lowest BCUT2D eigenvalue weighted by atomic mass is 9.41. The van der Waals surface area contributed by atoms with Crippen LogP contribution < -0.4 is 0 Å². The van der Waals surface area contributed by atoms with Crippen LogP contribution in [0.2, 0.25) is 0 Å². The minimum absolute atomic E-state index is 0.155. The van der Waals surface area contributed by atoms with Crippen molar-refractivity contribution in [2.45, 2.75) is 98.0 Å². The first kappa shape index (κ1) is 19.0. The third-order valence-corrected chi connectivity index (χ3v) is 10.1. The Morgan fingerprint density at radius 2 is 1.65 bits per heavy atom. The van der Waals surface area contributed by atoms with Gasteiger partial charge in [0.2, 0.25) is 0 Å². The molecule has 2 nitrogen and oxygen atoms in total. The zero-order valence-corrected chi connectivity index (χ0v) is 17.5. The van der Waals surface area contributed by atoms with Gasteiger partial charge in [-0.25, -0.2) is 0 Å². The number of hydrogen-bond donors (Lipinski definition) is 1. The molecule has 4 aliphatic rings. The lowest BCUT2D eigenvalue weighted by Crippen LogP contribution is -2.57. The molecular weight excluding hydrogens is 320 g/mol. The predicted octanol–water partition coefficient (Wildman–Crippen LogP) is 5.62. The lowest BCUT2D eigenvalue weighted by Gasteiger charge is -2.64. The molecule has 4 saturated carbocycles. The summed E-state index contributed by atoms with van der Waals surface area (Å²) in [4.78, 5) is 12.0. The summed E-state index contributed by atoms with van der Waals surface area (Å²) in [6, 6.07) is 0. The van der Waals surface area contributed by atoms with E-state index in [4.69, 9.17) is 0 Å². The minimum atomic E-state index is -0.155. The van der Waals surface area contributed by atoms with E-state index >= 15 is 0 Å². The number of hydrogen-bond acceptors (Lipinski definition) is 2. The molecule has 2 unspecified atom stereocenters. The number of rotatable bonds is 2. The van der Waals surface area contributed by atoms with Crippen LogP contribution in [0.5, 0.6) is 0 Å². The summed E-state index contributed by atoms with van der Waals surface area (Å²) in [5, 5.41) is 10.5. The summed E-state index contributed by atoms with van der Waals surface area (Å²) in [5.74, 6) is 4.58. The van der Waals surface area contributed by atoms with Crippen molar-refractivity contribution < 1.29 is 9.90 Å². The molecule has 0 saturated heterocycles. The summed E-state index contributed by atoms with van der Waals surface area (Å²) in [5.41, 5.74) is 0.821. The van der Waals surface area contributed by atoms with Gasteiger partial charge in [0.1, 0.15) is 5.78 Å². The maximum Gasteiger partial charge on any atom is 0.132 e. The maximum atomic E-state index is 12.0. The molecule has 0 aromatic carbocycles. The van der Waals surface area contributed by atoms with Crippen molar-refractivity contribution in [3.63, 3.8) is 0 Å². The molecule has 26 heavy (non-hydrogen) atoms. The molecule has 4 aliphatic carbocycles. The van der Waals surface area contributed by atoms with Crippen molar-refractivity contribution in [2.24, 2.45) is 46.3 Å². The van der Waals surface area contributed by atoms with Crippen molar-refractivity contribution in [3.8, 4) is 0 Å². The molecule has 0 aromatic rings. The lowest BCUT2D eigenvalue weighted by molar-refractivity contribution is -0.160. The predicted molar refractivity (Wildman–Crippen MR) is 106 cm³/mol. The quantitative estimate of drug-likeness (QED) is 0.694. The average molecular weight is 361 g/mol. The highest BCUT2D eigenvalue weighted by atomic mass is 16.3. The number of carbonyl (C=O) groups excluding carboxylic acids is 1. The van der Waals surface area contributed by atoms with E-state index in [1.165, 1.54) is 51.4 Å². The van der Waals surface area contributed by atoms with Crippen LogP contribution in [0.3, 0.4) is 0 Å². The molecule has 148 valence electrons. The average Bonchev–Trinajstić information content (AvgIpc) is 2.59. The van der Waals surface area contributed by atoms with E-state index in [2.05, 4.69) is 13.8 Å². The highest BCUT2D eigenvalue weighted by Crippen LogP contribution is 2.67. The smallest absolute Gasteiger partial charge is 0.132 e. The van der Waals surface area contributed by atoms with Crippen LogP contribution >= 0.6 is 0 Å². The highest BCUT2D eigenvalue weighted by Gasteiger charge is 2.59. The van der Waals surface area contributed by atoms with Gasteiger partial charge in [0.15, 0.2) is 0 Å². The summed E-state index contributed by atoms with van der Waals surface area (Å²) in [7, 11) is 0. The second-order valence-corrected chi connectivity index (χ2v) is 11.1. The van der Waals surface area contributed by atoms with Crippen LogP contribution in [0.4, 0.5) is 0 Å². The first-order valence-corrected chi connectivity index (χ1v) is 11.5. The van der Waals surface area contributed by atoms with Crippen molar-refractivity contribution in [1.29, 1.82) is 0 Å². The van der Waals surface area contributed by atoms with Crippen molar-refractivity contribution >= 4 is 5.78 Å². The van der Waals surface area contributed by atoms with Crippen LogP contribution in [0.25, 0.3) is 0 Å². The molecule has 0 radical (unpaired) electrons. The Morgan fingerprint density at radius 1 is 0.962 bits per heavy atom. The maximum absolute atomic E-state index is 12.0. The summed E-state index contributed by atoms with van der Waals surface area (Å²) >= 11 is 0. The Balaban J connectivity index is 1.58. The van der Waals surface area contributed by atoms with E-state index in [1.54, 1.807) is 0 Å². The van der Waals surface area contributed by atoms with Gasteiger partial charge >= 0.3 is 0 Å². The number of aliphatic hydroxyl groups is 1. The second kappa shape index (κ2) is 6.61. The van der Waals surface area contributed by atoms with Crippen LogP contribution in [0, 0.1) is 46.3 Å². The number of aliphatic hydroxyl groups excluding tert-OH is 1. The van der Waals surface area contributed by atoms with E-state index < -0.39 is 0 Å². The van der Waals surface area contributed by atoms with E-state index in [0.717, 1.165) is 36.5 Å². The topological polar surface area (TPSA) is 37.3 Å². The fourth-order valence-corrected chi connectivity index (χ4v) is 8.66. The zero-order valence-electron chi connectivity index (χ0n) is 17.5. The molecule has 0 aromatic heterocycles. The Morgan fingerprint density at radius 3 is 2.35 bits per heavy atom. The van der Waals surface area contributed by atoms with Gasteiger partial charge in [0.25, 0.3) is 0 Å². The first-order valence-electron chi connectivity index (χ1n) is 11.5. The van der Waals surface area contributed by atoms with E-state index in [-0.39, 0.29) is 6.10 Å². The van der Waals surface area contributed by atoms with Gasteiger partial charge in [-0.3, -0.25) is 4.79 Å². The van der Waals surface area contributed by atoms with E-state index in [0.29, 0.717) is 28.4 Å². The van der Waals surface area contributed by atoms with Gasteiger partial charge in [-0.1, -0.05) is 20.3 Å². The van der Waals surface area contributed by atoms with Crippen molar-refractivity contribution in [2.75, 3.05) is 0 Å². The van der Waals surface area contributed by atoms with Crippen LogP contribution in [-0.2, 0) is 4.79 Å². The highest BCUT2D eigenvalue weighted by molar-refractivity contribution is 5.78. The molecule has 4 rings (SSSR count). The van der Waals surface area contributed by atoms with Crippen molar-refractivity contribution in [3.05, 3.63) is 0 Å². The monoisotopic (exact) mass is 360 g/mol. The molecule has 0 spiro atoms. The molecule has 2 heteroatoms. The molecule has 0 aliphatic heterocycles. The standard InChI is InChI=1S/C24H40O2/c1-15(25)17-10-12-23(3)18(14-17)8-9-19-21-7-5-6-20(16(2)26)24(21,4)13-11-22(19)23/h16-22,26H,5-14H2,1-4H3/t16-,17?,18?,19-,20+,21-,22-,23-,24+/m0/s1. The molecule has 0 bridgehead atoms. The molecule has 0 heterocycles. The van der Waals surface area contributed by atoms with Gasteiger partial charge < -0.3 is 5.11 Å². The van der Waals surface area contributed by atoms with Gasteiger partial charge in [-0.15, -0.1) is 0 Å². The number of fused-ring (bicyclic) bond motifs is 5. The third-order valence-electron chi connectivity index (χ3n) is 10.1. The third kappa shape index (κ3) is 2.73. The summed E-state index contributed by atoms with van der Waals surface area (Å²) in [6.45, 7) is 8.95. The Hall–Kier alpha value is -0.370. The largest absolute Gasteiger partial charge is 0.393 e. The number of carbonyl (C=O) groups is 1. The SMILES string of the molecule is CC(=O)C1CC[C@@]2(C)C(CC[C@H]3[C@@H]4CCC[C@H]([C@H](C)O)[C@@]4(C)CC[C@@H]32)C1. The van der Waals surface area contributed by atoms with Gasteiger partial charge in [-0.2, -0.15) is 0 Å². The summed E-state index contributed by atoms with van der Waals surface area (Å²) < 4.78 is 0. The van der Waals surface area contributed by atoms with Gasteiger partial charge in [0.05, 0.1) is 6.10 Å². The Labute approximate surface area is 160 Å². The second-order valence-electron chi connectivity index (χ2n) is 11.1. The van der Waals surface area contributed by atoms with Crippen LogP contribution in [-0.4, -0.2) is 17.0 Å². The first-order chi connectivity index (χ1) is 12.3. The van der Waals surface area contributed by atoms with Crippen LogP contribution in [0.1, 0.15) is 91.9 Å². The van der Waals surface area contributed by atoms with E-state index in [9.17, 15) is 9.90 Å². The van der Waals surface area contributed by atoms with Crippen LogP contribution in [0.15, 0.2) is 0 Å². The normalized spacial score (nSPS) is 52.3. The Bertz CT molecular complexity index is 554. The molecule has 4 fully saturated rings. The number of ketones is 1. The molecule has 0 amide bonds. The minimum Gasteiger partial charge on any atom is -0.393 e. The Kier molecular flexibility index (Phi) is 4.82. The number of Topliss-reactive ketones (excluding diaryl/α,β-unsaturated/α-hetero) is 1. The molecule has 1 N–H and O–H groups in total.